The molecular weight excluding hydrogens is 409 g/mol. The summed E-state index contributed by atoms with van der Waals surface area (Å²) in [6, 6.07) is 4.23. The number of nitrogens with zero attached hydrogens (tertiary/aromatic N) is 2. The summed E-state index contributed by atoms with van der Waals surface area (Å²) < 4.78 is 39.1. The van der Waals surface area contributed by atoms with Gasteiger partial charge in [0.1, 0.15) is 5.69 Å². The lowest BCUT2D eigenvalue weighted by Crippen LogP contribution is -2.55. The Morgan fingerprint density at radius 3 is 2.71 bits per heavy atom. The summed E-state index contributed by atoms with van der Waals surface area (Å²) in [5.74, 6) is -0.880. The van der Waals surface area contributed by atoms with Crippen molar-refractivity contribution in [3.63, 3.8) is 0 Å². The van der Waals surface area contributed by atoms with Gasteiger partial charge in [-0.15, -0.1) is 0 Å². The molecule has 6 nitrogen and oxygen atoms in total. The van der Waals surface area contributed by atoms with E-state index in [-0.39, 0.29) is 23.2 Å². The highest BCUT2D eigenvalue weighted by molar-refractivity contribution is 5.95. The number of carbonyl (C=O) groups excluding carboxylic acids is 2. The average Bonchev–Trinajstić information content (AvgIpc) is 2.74. The van der Waals surface area contributed by atoms with Crippen LogP contribution >= 0.6 is 0 Å². The quantitative estimate of drug-likeness (QED) is 0.716. The van der Waals surface area contributed by atoms with Gasteiger partial charge >= 0.3 is 6.18 Å². The van der Waals surface area contributed by atoms with Gasteiger partial charge < -0.3 is 10.6 Å². The first-order valence-electron chi connectivity index (χ1n) is 10.3. The van der Waals surface area contributed by atoms with E-state index in [0.717, 1.165) is 31.4 Å². The number of halogens is 3. The Morgan fingerprint density at radius 2 is 2.03 bits per heavy atom. The van der Waals surface area contributed by atoms with Crippen molar-refractivity contribution in [1.29, 1.82) is 0 Å². The molecule has 0 saturated heterocycles. The second-order valence-corrected chi connectivity index (χ2v) is 7.92. The molecule has 1 heterocycles. The van der Waals surface area contributed by atoms with Crippen LogP contribution in [0.2, 0.25) is 0 Å². The number of nitrogens with one attached hydrogen (secondary N) is 2. The molecule has 1 fully saturated rings. The number of hydrogen-bond donors (Lipinski definition) is 2. The monoisotopic (exact) mass is 434 g/mol. The van der Waals surface area contributed by atoms with E-state index in [9.17, 15) is 22.8 Å². The Morgan fingerprint density at radius 1 is 1.23 bits per heavy atom. The zero-order chi connectivity index (χ0) is 22.5. The number of carbonyl (C=O) groups is 2. The lowest BCUT2D eigenvalue weighted by atomic mass is 9.76. The lowest BCUT2D eigenvalue weighted by molar-refractivity contribution is -0.137. The van der Waals surface area contributed by atoms with Gasteiger partial charge in [0, 0.05) is 29.5 Å². The van der Waals surface area contributed by atoms with E-state index in [0.29, 0.717) is 19.3 Å². The van der Waals surface area contributed by atoms with E-state index in [1.165, 1.54) is 30.7 Å². The molecule has 2 unspecified atom stereocenters. The van der Waals surface area contributed by atoms with Crippen molar-refractivity contribution in [3.8, 4) is 0 Å². The smallest absolute Gasteiger partial charge is 0.348 e. The van der Waals surface area contributed by atoms with Gasteiger partial charge in [-0.05, 0) is 50.3 Å². The minimum Gasteiger partial charge on any atom is -0.348 e. The molecule has 2 N–H and O–H groups in total. The lowest BCUT2D eigenvalue weighted by Gasteiger charge is -2.42. The topological polar surface area (TPSA) is 84.0 Å². The van der Waals surface area contributed by atoms with Gasteiger partial charge in [0.2, 0.25) is 0 Å². The van der Waals surface area contributed by atoms with Crippen LogP contribution < -0.4 is 10.6 Å². The molecule has 1 aromatic carbocycles. The fourth-order valence-electron chi connectivity index (χ4n) is 4.19. The molecule has 2 atom stereocenters. The normalized spacial score (nSPS) is 21.4. The third kappa shape index (κ3) is 5.80. The standard InChI is InChI=1S/C22H25F3N4O2/c1-2-8-21(29-19(30)15-5-3-6-16(12-15)22(23,24)25)9-4-7-17(13-21)28-20(31)18-14-26-10-11-27-18/h3,5-6,10-12,14,17H,2,4,7-9,13H2,1H3,(H,28,31)(H,29,30). The van der Waals surface area contributed by atoms with Crippen LogP contribution in [0.1, 0.15) is 71.9 Å². The Balaban J connectivity index is 1.73. The number of alkyl halides is 3. The first-order valence-corrected chi connectivity index (χ1v) is 10.3. The number of hydrogen-bond acceptors (Lipinski definition) is 4. The summed E-state index contributed by atoms with van der Waals surface area (Å²) in [7, 11) is 0. The van der Waals surface area contributed by atoms with Crippen molar-refractivity contribution in [3.05, 3.63) is 59.7 Å². The van der Waals surface area contributed by atoms with E-state index in [1.54, 1.807) is 0 Å². The summed E-state index contributed by atoms with van der Waals surface area (Å²) in [5.41, 5.74) is -1.28. The second-order valence-electron chi connectivity index (χ2n) is 7.92. The van der Waals surface area contributed by atoms with Gasteiger partial charge in [-0.1, -0.05) is 19.4 Å². The highest BCUT2D eigenvalue weighted by Gasteiger charge is 2.38. The van der Waals surface area contributed by atoms with Crippen molar-refractivity contribution in [2.24, 2.45) is 0 Å². The molecule has 0 spiro atoms. The molecule has 1 aromatic heterocycles. The fourth-order valence-corrected chi connectivity index (χ4v) is 4.19. The molecule has 0 radical (unpaired) electrons. The second kappa shape index (κ2) is 9.45. The van der Waals surface area contributed by atoms with E-state index >= 15 is 0 Å². The maximum absolute atomic E-state index is 13.0. The molecule has 3 rings (SSSR count). The van der Waals surface area contributed by atoms with Crippen molar-refractivity contribution in [2.45, 2.75) is 63.2 Å². The Kier molecular flexibility index (Phi) is 6.92. The molecule has 1 aliphatic rings. The van der Waals surface area contributed by atoms with Crippen LogP contribution in [0.5, 0.6) is 0 Å². The number of amides is 2. The Hall–Kier alpha value is -2.97. The van der Waals surface area contributed by atoms with Gasteiger partial charge in [0.05, 0.1) is 11.8 Å². The molecule has 1 aliphatic carbocycles. The maximum atomic E-state index is 13.0. The SMILES string of the molecule is CCCC1(NC(=O)c2cccc(C(F)(F)F)c2)CCCC(NC(=O)c2cnccn2)C1. The minimum absolute atomic E-state index is 0.0315. The highest BCUT2D eigenvalue weighted by Crippen LogP contribution is 2.34. The van der Waals surface area contributed by atoms with E-state index in [1.807, 2.05) is 6.92 Å². The largest absolute Gasteiger partial charge is 0.416 e. The third-order valence-electron chi connectivity index (χ3n) is 5.54. The van der Waals surface area contributed by atoms with Crippen molar-refractivity contribution >= 4 is 11.8 Å². The van der Waals surface area contributed by atoms with Crippen LogP contribution in [-0.2, 0) is 6.18 Å². The zero-order valence-corrected chi connectivity index (χ0v) is 17.2. The van der Waals surface area contributed by atoms with Crippen molar-refractivity contribution in [1.82, 2.24) is 20.6 Å². The Labute approximate surface area is 178 Å². The summed E-state index contributed by atoms with van der Waals surface area (Å²) >= 11 is 0. The average molecular weight is 434 g/mol. The van der Waals surface area contributed by atoms with E-state index < -0.39 is 23.2 Å². The van der Waals surface area contributed by atoms with Gasteiger partial charge in [-0.3, -0.25) is 14.6 Å². The number of rotatable bonds is 6. The molecule has 166 valence electrons. The Bertz CT molecular complexity index is 916. The van der Waals surface area contributed by atoms with E-state index in [2.05, 4.69) is 20.6 Å². The molecule has 31 heavy (non-hydrogen) atoms. The predicted octanol–water partition coefficient (Wildman–Crippen LogP) is 4.14. The summed E-state index contributed by atoms with van der Waals surface area (Å²) in [5, 5.41) is 5.93. The maximum Gasteiger partial charge on any atom is 0.416 e. The van der Waals surface area contributed by atoms with Gasteiger partial charge in [-0.25, -0.2) is 4.98 Å². The number of aromatic nitrogens is 2. The first-order chi connectivity index (χ1) is 14.7. The molecular formula is C22H25F3N4O2. The van der Waals surface area contributed by atoms with Crippen LogP contribution in [0, 0.1) is 0 Å². The summed E-state index contributed by atoms with van der Waals surface area (Å²) in [6.07, 6.45) is 3.94. The van der Waals surface area contributed by atoms with Crippen LogP contribution in [0.4, 0.5) is 13.2 Å². The molecule has 2 amide bonds. The van der Waals surface area contributed by atoms with Gasteiger partial charge in [-0.2, -0.15) is 13.2 Å². The van der Waals surface area contributed by atoms with Gasteiger partial charge in [0.25, 0.3) is 11.8 Å². The minimum atomic E-state index is -4.52. The van der Waals surface area contributed by atoms with Crippen LogP contribution in [-0.4, -0.2) is 33.4 Å². The number of benzene rings is 1. The van der Waals surface area contributed by atoms with Crippen LogP contribution in [0.15, 0.2) is 42.9 Å². The molecule has 2 aromatic rings. The summed E-state index contributed by atoms with van der Waals surface area (Å²) in [6.45, 7) is 1.99. The summed E-state index contributed by atoms with van der Waals surface area (Å²) in [4.78, 5) is 33.2. The van der Waals surface area contributed by atoms with Gasteiger partial charge in [0.15, 0.2) is 0 Å². The first kappa shape index (κ1) is 22.7. The fraction of sp³-hybridized carbons (Fsp3) is 0.455. The van der Waals surface area contributed by atoms with Crippen LogP contribution in [0.3, 0.4) is 0 Å². The van der Waals surface area contributed by atoms with Crippen molar-refractivity contribution < 1.29 is 22.8 Å². The predicted molar refractivity (Wildman–Crippen MR) is 108 cm³/mol. The van der Waals surface area contributed by atoms with Crippen LogP contribution in [0.25, 0.3) is 0 Å². The van der Waals surface area contributed by atoms with E-state index in [4.69, 9.17) is 0 Å². The third-order valence-corrected chi connectivity index (χ3v) is 5.54. The molecule has 1 saturated carbocycles. The molecule has 0 bridgehead atoms. The molecule has 0 aliphatic heterocycles. The highest BCUT2D eigenvalue weighted by atomic mass is 19.4. The molecule has 9 heteroatoms. The van der Waals surface area contributed by atoms with Crippen molar-refractivity contribution in [2.75, 3.05) is 0 Å². The zero-order valence-electron chi connectivity index (χ0n) is 17.2.